The minimum atomic E-state index is -2.08. The maximum absolute atomic E-state index is 14.6. The normalized spacial score (nSPS) is 52.9. The van der Waals surface area contributed by atoms with E-state index in [1.807, 2.05) is 13.0 Å². The van der Waals surface area contributed by atoms with E-state index in [0.29, 0.717) is 38.0 Å². The van der Waals surface area contributed by atoms with Gasteiger partial charge in [-0.05, 0) is 99.2 Å². The first-order chi connectivity index (χ1) is 46.8. The Morgan fingerprint density at radius 1 is 0.505 bits per heavy atom. The van der Waals surface area contributed by atoms with Crippen molar-refractivity contribution in [2.24, 2.45) is 45.3 Å². The van der Waals surface area contributed by atoms with Gasteiger partial charge in [-0.15, -0.1) is 0 Å². The van der Waals surface area contributed by atoms with Gasteiger partial charge < -0.3 is 153 Å². The predicted octanol–water partition coefficient (Wildman–Crippen LogP) is -4.03. The summed E-state index contributed by atoms with van der Waals surface area (Å²) < 4.78 is 90.2. The number of hydrogen-bond donors (Lipinski definition) is 16. The van der Waals surface area contributed by atoms with Crippen molar-refractivity contribution in [3.63, 3.8) is 0 Å². The molecule has 0 bridgehead atoms. The maximum Gasteiger partial charge on any atom is 0.316 e. The molecule has 570 valence electrons. The molecule has 4 aliphatic carbocycles. The Hall–Kier alpha value is -1.99. The SMILES string of the molecule is COC1[C@@H](O)C(OC2[C@@H](O)[C@H](O[C@H]3[C@H](O)[C@@H](O)[C@H](O[C@H]4[C@H](OC5CC[C@]6(C)C7=C[C@H](O)C89C(=O)O[C@@](C)(CCCC(C)C)C8CC[C@@]9(C)C7CCC6C5(C)C)OC[C@@H](O[C@@H]5O[C@H](CO)[C@@H](O)[C@H](OC6O[C@H](CO)[C@@H](O)[C@H](OC)[C@H]6O)[C@H]5O)[C@@H]4O)O[C@@H]3C)O[C@H](CO)[C@H]2O)O[C@H](CO)[C@H]1O. The van der Waals surface area contributed by atoms with Crippen LogP contribution < -0.4 is 0 Å². The first-order valence-electron chi connectivity index (χ1n) is 35.2. The highest BCUT2D eigenvalue weighted by Crippen LogP contribution is 2.76. The second-order valence-corrected chi connectivity index (χ2v) is 31.2. The number of ether oxygens (including phenoxy) is 15. The number of aliphatic hydroxyl groups excluding tert-OH is 16. The summed E-state index contributed by atoms with van der Waals surface area (Å²) in [6, 6.07) is 0. The lowest BCUT2D eigenvalue weighted by molar-refractivity contribution is -0.397. The van der Waals surface area contributed by atoms with Crippen LogP contribution in [0.15, 0.2) is 11.6 Å². The maximum atomic E-state index is 14.6. The fourth-order valence-corrected chi connectivity index (χ4v) is 19.4. The van der Waals surface area contributed by atoms with Gasteiger partial charge in [0.15, 0.2) is 37.7 Å². The molecule has 0 aromatic heterocycles. The number of carbonyl (C=O) groups excluding carboxylic acids is 1. The zero-order valence-corrected chi connectivity index (χ0v) is 57.9. The summed E-state index contributed by atoms with van der Waals surface area (Å²) in [5.74, 6) is -0.129. The number of hydrogen-bond acceptors (Lipinski definition) is 32. The molecule has 99 heavy (non-hydrogen) atoms. The van der Waals surface area contributed by atoms with Gasteiger partial charge in [0.05, 0.1) is 51.3 Å². The van der Waals surface area contributed by atoms with Gasteiger partial charge in [-0.1, -0.05) is 59.6 Å². The van der Waals surface area contributed by atoms with Crippen LogP contribution in [0.3, 0.4) is 0 Å². The Bertz CT molecular complexity index is 2740. The third-order valence-electron chi connectivity index (χ3n) is 24.9. The number of allylic oxidation sites excluding steroid dienone is 1. The number of cyclic esters (lactones) is 1. The summed E-state index contributed by atoms with van der Waals surface area (Å²) >= 11 is 0. The molecule has 10 fully saturated rings. The summed E-state index contributed by atoms with van der Waals surface area (Å²) in [5, 5.41) is 180. The van der Waals surface area contributed by atoms with Crippen molar-refractivity contribution in [2.45, 2.75) is 309 Å². The van der Waals surface area contributed by atoms with E-state index >= 15 is 0 Å². The molecule has 0 aromatic rings. The zero-order chi connectivity index (χ0) is 72.1. The zero-order valence-electron chi connectivity index (χ0n) is 57.9. The van der Waals surface area contributed by atoms with Gasteiger partial charge >= 0.3 is 5.97 Å². The number of methoxy groups -OCH3 is 2. The molecule has 32 heteroatoms. The van der Waals surface area contributed by atoms with E-state index in [9.17, 15) is 86.5 Å². The lowest BCUT2D eigenvalue weighted by atomic mass is 9.40. The second-order valence-electron chi connectivity index (χ2n) is 31.2. The molecule has 11 rings (SSSR count). The summed E-state index contributed by atoms with van der Waals surface area (Å²) in [5.41, 5.74) is -2.51. The third kappa shape index (κ3) is 13.5. The molecular formula is C67H110O32. The molecule has 7 aliphatic heterocycles. The lowest BCUT2D eigenvalue weighted by Crippen LogP contribution is -2.67. The van der Waals surface area contributed by atoms with Crippen LogP contribution in [0.25, 0.3) is 0 Å². The molecule has 11 aliphatic rings. The Morgan fingerprint density at radius 2 is 0.980 bits per heavy atom. The smallest absolute Gasteiger partial charge is 0.316 e. The van der Waals surface area contributed by atoms with Crippen molar-refractivity contribution in [3.8, 4) is 0 Å². The second kappa shape index (κ2) is 30.3. The first kappa shape index (κ1) is 78.1. The molecule has 0 radical (unpaired) electrons. The molecule has 7 heterocycles. The summed E-state index contributed by atoms with van der Waals surface area (Å²) in [6.45, 7) is 12.6. The van der Waals surface area contributed by atoms with Crippen molar-refractivity contribution in [1.29, 1.82) is 0 Å². The van der Waals surface area contributed by atoms with E-state index in [-0.39, 0.29) is 23.7 Å². The van der Waals surface area contributed by atoms with E-state index < -0.39 is 251 Å². The molecule has 38 atom stereocenters. The lowest BCUT2D eigenvalue weighted by Gasteiger charge is -2.64. The van der Waals surface area contributed by atoms with E-state index in [0.717, 1.165) is 31.3 Å². The van der Waals surface area contributed by atoms with Gasteiger partial charge in [0.25, 0.3) is 0 Å². The Morgan fingerprint density at radius 3 is 1.48 bits per heavy atom. The highest BCUT2D eigenvalue weighted by molar-refractivity contribution is 5.84. The monoisotopic (exact) mass is 1430 g/mol. The van der Waals surface area contributed by atoms with E-state index in [1.54, 1.807) is 0 Å². The van der Waals surface area contributed by atoms with Crippen LogP contribution in [-0.2, 0) is 75.8 Å². The van der Waals surface area contributed by atoms with Crippen LogP contribution >= 0.6 is 0 Å². The fourth-order valence-electron chi connectivity index (χ4n) is 19.4. The van der Waals surface area contributed by atoms with Crippen molar-refractivity contribution in [2.75, 3.05) is 47.3 Å². The highest BCUT2D eigenvalue weighted by Gasteiger charge is 2.79. The molecule has 0 amide bonds. The minimum Gasteiger partial charge on any atom is -0.459 e. The van der Waals surface area contributed by atoms with Crippen molar-refractivity contribution in [1.82, 2.24) is 0 Å². The number of esters is 1. The van der Waals surface area contributed by atoms with Gasteiger partial charge in [0.1, 0.15) is 145 Å². The first-order valence-corrected chi connectivity index (χ1v) is 35.2. The molecule has 0 aromatic carbocycles. The van der Waals surface area contributed by atoms with Crippen LogP contribution in [0.1, 0.15) is 113 Å². The predicted molar refractivity (Wildman–Crippen MR) is 332 cm³/mol. The quantitative estimate of drug-likeness (QED) is 0.0279. The molecule has 1 spiro atoms. The van der Waals surface area contributed by atoms with Crippen LogP contribution in [-0.4, -0.2) is 331 Å². The Balaban J connectivity index is 0.839. The van der Waals surface area contributed by atoms with Crippen LogP contribution in [0.5, 0.6) is 0 Å². The van der Waals surface area contributed by atoms with E-state index in [1.165, 1.54) is 21.1 Å². The Labute approximate surface area is 575 Å². The minimum absolute atomic E-state index is 0.0371. The van der Waals surface area contributed by atoms with E-state index in [2.05, 4.69) is 41.5 Å². The van der Waals surface area contributed by atoms with E-state index in [4.69, 9.17) is 71.1 Å². The molecule has 9 unspecified atom stereocenters. The van der Waals surface area contributed by atoms with Gasteiger partial charge in [0.2, 0.25) is 0 Å². The molecule has 7 saturated heterocycles. The largest absolute Gasteiger partial charge is 0.459 e. The van der Waals surface area contributed by atoms with Gasteiger partial charge in [0, 0.05) is 20.1 Å². The van der Waals surface area contributed by atoms with Gasteiger partial charge in [-0.2, -0.15) is 0 Å². The molecule has 32 nitrogen and oxygen atoms in total. The molecular weight excluding hydrogens is 1320 g/mol. The average molecular weight is 1430 g/mol. The van der Waals surface area contributed by atoms with Crippen molar-refractivity contribution in [3.05, 3.63) is 11.6 Å². The Kier molecular flexibility index (Phi) is 23.9. The van der Waals surface area contributed by atoms with Gasteiger partial charge in [-0.25, -0.2) is 0 Å². The third-order valence-corrected chi connectivity index (χ3v) is 24.9. The van der Waals surface area contributed by atoms with Crippen LogP contribution in [0, 0.1) is 45.3 Å². The highest BCUT2D eigenvalue weighted by atomic mass is 16.8. The standard InChI is InChI=1S/C67H110O32/c1-26(2)12-11-17-66(8)36-15-19-65(7)28-13-14-35-63(4,5)38(16-18-64(35,6)29(28)20-37(72)67(36,65)62(84)99-66)94-61-55(43(77)34(25-87-61)93-57-48(82)53(41(75)32(23-70)89-57)96-58-46(80)51(85-9)39(73)30(21-68)90-58)98-56-45(79)44(78)50(27(3)88-56)95-60-49(83)54(42(76)33(24-71)92-60)97-59-47(81)52(86-10)40(74)31(22-69)91-59/h20,26-28,30-61,68-83H,11-19,21-25H2,1-10H3/t27-,28?,30-,31-,32-,33-,34-,35?,36?,37+,38?,39-,40-,41-,42-,43+,44-,45-,46-,47-,48-,49-,50-,51+,52?,53+,54?,55-,56+,57+,58?,59?,60+,61+,64-,65+,66+,67?/m1/s1. The average Bonchev–Trinajstić information content (AvgIpc) is 1.53. The van der Waals surface area contributed by atoms with Crippen molar-refractivity contribution >= 4 is 5.97 Å². The van der Waals surface area contributed by atoms with Crippen molar-refractivity contribution < 1.29 is 158 Å². The van der Waals surface area contributed by atoms with Gasteiger partial charge in [-0.3, -0.25) is 4.79 Å². The number of fused-ring (bicyclic) bond motifs is 4. The summed E-state index contributed by atoms with van der Waals surface area (Å²) in [4.78, 5) is 14.6. The summed E-state index contributed by atoms with van der Waals surface area (Å²) in [6.07, 6.45) is -42.5. The number of rotatable bonds is 22. The van der Waals surface area contributed by atoms with Crippen LogP contribution in [0.2, 0.25) is 0 Å². The molecule has 3 saturated carbocycles. The summed E-state index contributed by atoms with van der Waals surface area (Å²) in [7, 11) is 2.36. The molecule has 16 N–H and O–H groups in total. The topological polar surface area (TPSA) is 479 Å². The van der Waals surface area contributed by atoms with Crippen LogP contribution in [0.4, 0.5) is 0 Å². The number of carbonyl (C=O) groups is 1. The fraction of sp³-hybridized carbons (Fsp3) is 0.955. The number of aliphatic hydroxyl groups is 16.